The fourth-order valence-electron chi connectivity index (χ4n) is 4.35. The molecule has 0 heterocycles. The van der Waals surface area contributed by atoms with Crippen LogP contribution in [0.2, 0.25) is 0 Å². The van der Waals surface area contributed by atoms with Crippen molar-refractivity contribution >= 4 is 21.6 Å². The Morgan fingerprint density at radius 3 is 2.40 bits per heavy atom. The van der Waals surface area contributed by atoms with Gasteiger partial charge in [0.1, 0.15) is 17.3 Å². The third kappa shape index (κ3) is 9.51. The fourth-order valence-corrected chi connectivity index (χ4v) is 4.91. The van der Waals surface area contributed by atoms with Crippen LogP contribution < -0.4 is 10.0 Å². The van der Waals surface area contributed by atoms with Gasteiger partial charge < -0.3 is 25.5 Å². The van der Waals surface area contributed by atoms with E-state index in [1.807, 2.05) is 38.1 Å². The molecule has 9 nitrogen and oxygen atoms in total. The van der Waals surface area contributed by atoms with Gasteiger partial charge in [-0.2, -0.15) is 0 Å². The van der Waals surface area contributed by atoms with Crippen LogP contribution in [-0.2, 0) is 34.2 Å². The number of amides is 1. The van der Waals surface area contributed by atoms with E-state index in [9.17, 15) is 32.9 Å². The molecule has 0 aromatic heterocycles. The quantitative estimate of drug-likeness (QED) is 0.209. The van der Waals surface area contributed by atoms with Gasteiger partial charge in [0.05, 0.1) is 24.5 Å². The molecule has 11 heteroatoms. The number of carbonyl (C=O) groups is 1. The molecule has 0 aliphatic carbocycles. The number of nitrogens with zero attached hydrogens (tertiary/aromatic N) is 1. The number of phenols is 2. The van der Waals surface area contributed by atoms with Crippen LogP contribution in [0.1, 0.15) is 42.2 Å². The minimum absolute atomic E-state index is 0.00982. The number of carbonyl (C=O) groups excluding carboxylic acids is 1. The lowest BCUT2D eigenvalue weighted by Crippen LogP contribution is -2.43. The Morgan fingerprint density at radius 1 is 1.02 bits per heavy atom. The highest BCUT2D eigenvalue weighted by atomic mass is 32.2. The van der Waals surface area contributed by atoms with E-state index in [2.05, 4.69) is 10.0 Å². The summed E-state index contributed by atoms with van der Waals surface area (Å²) in [6, 6.07) is 15.6. The van der Waals surface area contributed by atoms with Crippen LogP contribution in [0.25, 0.3) is 0 Å². The Balaban J connectivity index is 1.59. The molecule has 0 spiro atoms. The number of benzene rings is 3. The summed E-state index contributed by atoms with van der Waals surface area (Å²) in [5, 5.41) is 33.5. The number of halogens is 1. The Bertz CT molecular complexity index is 1440. The van der Waals surface area contributed by atoms with Gasteiger partial charge in [0.15, 0.2) is 0 Å². The number of rotatable bonds is 12. The molecule has 40 heavy (non-hydrogen) atoms. The van der Waals surface area contributed by atoms with Crippen molar-refractivity contribution in [1.29, 1.82) is 0 Å². The van der Waals surface area contributed by atoms with E-state index in [0.29, 0.717) is 17.5 Å². The molecule has 0 saturated carbocycles. The molecule has 5 N–H and O–H groups in total. The van der Waals surface area contributed by atoms with Crippen LogP contribution in [-0.4, -0.2) is 59.9 Å². The number of phenolic OH excluding ortho intramolecular Hbond substituents is 2. The van der Waals surface area contributed by atoms with Gasteiger partial charge in [-0.05, 0) is 66.8 Å². The molecule has 3 aromatic rings. The van der Waals surface area contributed by atoms with E-state index in [-0.39, 0.29) is 42.6 Å². The smallest absolute Gasteiger partial charge is 0.229 e. The molecular formula is C29H36FN3O6S. The fraction of sp³-hybridized carbons (Fsp3) is 0.345. The zero-order chi connectivity index (χ0) is 29.7. The highest BCUT2D eigenvalue weighted by Crippen LogP contribution is 2.28. The Kier molecular flexibility index (Phi) is 9.78. The number of hydrogen-bond acceptors (Lipinski definition) is 7. The lowest BCUT2D eigenvalue weighted by atomic mass is 9.93. The molecule has 3 rings (SSSR count). The minimum Gasteiger partial charge on any atom is -0.508 e. The number of anilines is 1. The van der Waals surface area contributed by atoms with Crippen LogP contribution in [0.5, 0.6) is 11.5 Å². The molecule has 0 fully saturated rings. The molecule has 1 atom stereocenters. The van der Waals surface area contributed by atoms with Gasteiger partial charge in [-0.1, -0.05) is 30.3 Å². The molecule has 3 aromatic carbocycles. The number of β-amino-alcohol motifs (C(OH)–C–C–N with tert-alkyl or cyclic N) is 1. The highest BCUT2D eigenvalue weighted by molar-refractivity contribution is 7.92. The van der Waals surface area contributed by atoms with Crippen LogP contribution in [0.4, 0.5) is 10.1 Å². The average Bonchev–Trinajstić information content (AvgIpc) is 2.82. The van der Waals surface area contributed by atoms with E-state index in [1.165, 1.54) is 35.2 Å². The summed E-state index contributed by atoms with van der Waals surface area (Å²) in [6.45, 7) is 4.30. The maximum absolute atomic E-state index is 13.6. The van der Waals surface area contributed by atoms with Crippen molar-refractivity contribution in [1.82, 2.24) is 10.2 Å². The second kappa shape index (κ2) is 12.7. The third-order valence-corrected chi connectivity index (χ3v) is 6.85. The second-order valence-corrected chi connectivity index (χ2v) is 12.4. The number of aromatic hydroxyl groups is 2. The first-order valence-electron chi connectivity index (χ1n) is 12.6. The van der Waals surface area contributed by atoms with Crippen molar-refractivity contribution in [3.63, 3.8) is 0 Å². The lowest BCUT2D eigenvalue weighted by molar-refractivity contribution is -0.129. The van der Waals surface area contributed by atoms with E-state index in [1.54, 1.807) is 7.05 Å². The SMILES string of the molecule is CN(Cc1cc(O)cc(F)c1)C(=O)Cc1cccc(CC(C)(C)NC[C@H](O)c2ccc(O)c(NS(C)(=O)=O)c2)c1. The topological polar surface area (TPSA) is 139 Å². The molecule has 0 saturated heterocycles. The van der Waals surface area contributed by atoms with E-state index in [0.717, 1.165) is 23.4 Å². The molecule has 0 aliphatic heterocycles. The molecule has 0 bridgehead atoms. The Labute approximate surface area is 234 Å². The summed E-state index contributed by atoms with van der Waals surface area (Å²) in [5.41, 5.74) is 2.29. The second-order valence-electron chi connectivity index (χ2n) is 10.7. The standard InChI is InChI=1S/C29H36FN3O6S/c1-29(2,31-17-27(36)22-8-9-26(35)25(14-22)32-40(4,38)39)16-20-7-5-6-19(10-20)13-28(37)33(3)18-21-11-23(30)15-24(34)12-21/h5-12,14-15,27,31-32,34-36H,13,16-18H2,1-4H3/t27-/m0/s1. The maximum atomic E-state index is 13.6. The lowest BCUT2D eigenvalue weighted by Gasteiger charge is -2.28. The van der Waals surface area contributed by atoms with Crippen molar-refractivity contribution in [3.05, 3.63) is 88.7 Å². The predicted octanol–water partition coefficient (Wildman–Crippen LogP) is 3.45. The van der Waals surface area contributed by atoms with Gasteiger partial charge in [0.2, 0.25) is 15.9 Å². The minimum atomic E-state index is -3.60. The average molecular weight is 574 g/mol. The van der Waals surface area contributed by atoms with Crippen molar-refractivity contribution in [3.8, 4) is 11.5 Å². The predicted molar refractivity (Wildman–Crippen MR) is 152 cm³/mol. The molecule has 216 valence electrons. The first kappa shape index (κ1) is 30.9. The van der Waals surface area contributed by atoms with Gasteiger partial charge in [0.25, 0.3) is 0 Å². The van der Waals surface area contributed by atoms with Crippen molar-refractivity contribution in [2.75, 3.05) is 24.6 Å². The van der Waals surface area contributed by atoms with Gasteiger partial charge in [-0.15, -0.1) is 0 Å². The number of nitrogens with one attached hydrogen (secondary N) is 2. The summed E-state index contributed by atoms with van der Waals surface area (Å²) in [6.07, 6.45) is 0.765. The van der Waals surface area contributed by atoms with Crippen LogP contribution in [0.15, 0.2) is 60.7 Å². The van der Waals surface area contributed by atoms with E-state index in [4.69, 9.17) is 0 Å². The molecule has 1 amide bonds. The van der Waals surface area contributed by atoms with Crippen LogP contribution >= 0.6 is 0 Å². The first-order chi connectivity index (χ1) is 18.6. The number of aliphatic hydroxyl groups excluding tert-OH is 1. The normalized spacial score (nSPS) is 12.7. The monoisotopic (exact) mass is 573 g/mol. The Hall–Kier alpha value is -3.67. The van der Waals surface area contributed by atoms with Crippen molar-refractivity contribution < 1.29 is 32.9 Å². The number of aliphatic hydroxyl groups is 1. The number of hydrogen-bond donors (Lipinski definition) is 5. The zero-order valence-corrected chi connectivity index (χ0v) is 23.8. The first-order valence-corrected chi connectivity index (χ1v) is 14.5. The largest absolute Gasteiger partial charge is 0.508 e. The summed E-state index contributed by atoms with van der Waals surface area (Å²) in [5.74, 6) is -1.15. The van der Waals surface area contributed by atoms with Gasteiger partial charge >= 0.3 is 0 Å². The molecule has 0 unspecified atom stereocenters. The summed E-state index contributed by atoms with van der Waals surface area (Å²) in [7, 11) is -1.97. The van der Waals surface area contributed by atoms with Crippen molar-refractivity contribution in [2.45, 2.75) is 44.9 Å². The molecule has 0 aliphatic rings. The summed E-state index contributed by atoms with van der Waals surface area (Å²) < 4.78 is 38.9. The zero-order valence-electron chi connectivity index (χ0n) is 23.0. The van der Waals surface area contributed by atoms with E-state index < -0.39 is 27.5 Å². The molecular weight excluding hydrogens is 537 g/mol. The van der Waals surface area contributed by atoms with Crippen LogP contribution in [0, 0.1) is 5.82 Å². The Morgan fingerprint density at radius 2 is 1.73 bits per heavy atom. The van der Waals surface area contributed by atoms with Crippen molar-refractivity contribution in [2.24, 2.45) is 0 Å². The maximum Gasteiger partial charge on any atom is 0.229 e. The van der Waals surface area contributed by atoms with Crippen LogP contribution in [0.3, 0.4) is 0 Å². The summed E-state index contributed by atoms with van der Waals surface area (Å²) in [4.78, 5) is 14.3. The van der Waals surface area contributed by atoms with Gasteiger partial charge in [-0.25, -0.2) is 12.8 Å². The number of likely N-dealkylation sites (N-methyl/N-ethyl adjacent to an activating group) is 1. The van der Waals surface area contributed by atoms with Gasteiger partial charge in [-0.3, -0.25) is 9.52 Å². The number of sulfonamides is 1. The highest BCUT2D eigenvalue weighted by Gasteiger charge is 2.21. The summed E-state index contributed by atoms with van der Waals surface area (Å²) >= 11 is 0. The third-order valence-electron chi connectivity index (χ3n) is 6.26. The van der Waals surface area contributed by atoms with Gasteiger partial charge in [0, 0.05) is 31.7 Å². The van der Waals surface area contributed by atoms with E-state index >= 15 is 0 Å². The molecule has 0 radical (unpaired) electrons.